The van der Waals surface area contributed by atoms with Crippen molar-refractivity contribution in [1.29, 1.82) is 0 Å². The maximum Gasteiger partial charge on any atom is 0.246 e. The first-order valence-electron chi connectivity index (χ1n) is 6.67. The molecule has 1 N–H and O–H groups in total. The number of rotatable bonds is 5. The van der Waals surface area contributed by atoms with Crippen molar-refractivity contribution in [2.24, 2.45) is 5.92 Å². The maximum absolute atomic E-state index is 12.3. The van der Waals surface area contributed by atoms with Crippen LogP contribution in [-0.2, 0) is 9.59 Å². The molecule has 3 atom stereocenters. The van der Waals surface area contributed by atoms with Gasteiger partial charge in [0.25, 0.3) is 0 Å². The minimum Gasteiger partial charge on any atom is -0.342 e. The van der Waals surface area contributed by atoms with Crippen LogP contribution in [0, 0.1) is 5.92 Å². The van der Waals surface area contributed by atoms with E-state index in [-0.39, 0.29) is 29.8 Å². The Hall–Kier alpha value is -1.06. The third-order valence-electron chi connectivity index (χ3n) is 3.64. The van der Waals surface area contributed by atoms with Gasteiger partial charge < -0.3 is 10.2 Å². The molecular weight excluding hydrogens is 216 g/mol. The lowest BCUT2D eigenvalue weighted by atomic mass is 9.93. The lowest BCUT2D eigenvalue weighted by Crippen LogP contribution is -2.64. The van der Waals surface area contributed by atoms with Gasteiger partial charge in [-0.3, -0.25) is 9.59 Å². The summed E-state index contributed by atoms with van der Waals surface area (Å²) in [4.78, 5) is 26.1. The van der Waals surface area contributed by atoms with Gasteiger partial charge in [-0.2, -0.15) is 0 Å². The van der Waals surface area contributed by atoms with Crippen LogP contribution in [0.3, 0.4) is 0 Å². The molecule has 1 fully saturated rings. The number of carbonyl (C=O) groups excluding carboxylic acids is 2. The molecule has 0 aliphatic carbocycles. The van der Waals surface area contributed by atoms with Gasteiger partial charge in [0.1, 0.15) is 12.1 Å². The summed E-state index contributed by atoms with van der Waals surface area (Å²) in [7, 11) is 0. The molecule has 3 unspecified atom stereocenters. The SMILES string of the molecule is CCCC1C(=O)NC(C(C)CC)C(=O)N1CC. The van der Waals surface area contributed by atoms with Gasteiger partial charge in [0, 0.05) is 6.54 Å². The Morgan fingerprint density at radius 2 is 1.94 bits per heavy atom. The van der Waals surface area contributed by atoms with Crippen LogP contribution in [0.4, 0.5) is 0 Å². The topological polar surface area (TPSA) is 49.4 Å². The molecule has 98 valence electrons. The summed E-state index contributed by atoms with van der Waals surface area (Å²) < 4.78 is 0. The molecule has 1 aliphatic heterocycles. The number of carbonyl (C=O) groups is 2. The molecular formula is C13H24N2O2. The normalized spacial score (nSPS) is 26.9. The van der Waals surface area contributed by atoms with Crippen LogP contribution in [0.5, 0.6) is 0 Å². The Morgan fingerprint density at radius 1 is 1.29 bits per heavy atom. The summed E-state index contributed by atoms with van der Waals surface area (Å²) in [5.74, 6) is 0.293. The Bertz CT molecular complexity index is 291. The molecule has 0 aromatic rings. The second-order valence-corrected chi connectivity index (χ2v) is 4.80. The first kappa shape index (κ1) is 14.0. The number of hydrogen-bond donors (Lipinski definition) is 1. The van der Waals surface area contributed by atoms with Crippen molar-refractivity contribution in [1.82, 2.24) is 10.2 Å². The number of nitrogens with zero attached hydrogens (tertiary/aromatic N) is 1. The third-order valence-corrected chi connectivity index (χ3v) is 3.64. The Labute approximate surface area is 104 Å². The number of nitrogens with one attached hydrogen (secondary N) is 1. The Balaban J connectivity index is 2.87. The summed E-state index contributed by atoms with van der Waals surface area (Å²) in [6.07, 6.45) is 2.56. The molecule has 0 saturated carbocycles. The Morgan fingerprint density at radius 3 is 2.41 bits per heavy atom. The smallest absolute Gasteiger partial charge is 0.246 e. The van der Waals surface area contributed by atoms with Crippen LogP contribution < -0.4 is 5.32 Å². The molecule has 0 spiro atoms. The lowest BCUT2D eigenvalue weighted by Gasteiger charge is -2.40. The fraction of sp³-hybridized carbons (Fsp3) is 0.846. The summed E-state index contributed by atoms with van der Waals surface area (Å²) in [5.41, 5.74) is 0. The van der Waals surface area contributed by atoms with E-state index in [0.29, 0.717) is 6.54 Å². The van der Waals surface area contributed by atoms with E-state index in [1.807, 2.05) is 27.7 Å². The molecule has 1 saturated heterocycles. The van der Waals surface area contributed by atoms with Crippen molar-refractivity contribution in [3.8, 4) is 0 Å². The van der Waals surface area contributed by atoms with Gasteiger partial charge >= 0.3 is 0 Å². The van der Waals surface area contributed by atoms with Crippen LogP contribution in [0.25, 0.3) is 0 Å². The molecule has 0 aromatic carbocycles. The summed E-state index contributed by atoms with van der Waals surface area (Å²) in [6, 6.07) is -0.599. The second-order valence-electron chi connectivity index (χ2n) is 4.80. The average molecular weight is 240 g/mol. The highest BCUT2D eigenvalue weighted by Crippen LogP contribution is 2.19. The Kier molecular flexibility index (Phi) is 4.97. The average Bonchev–Trinajstić information content (AvgIpc) is 2.33. The van der Waals surface area contributed by atoms with Gasteiger partial charge in [0.15, 0.2) is 0 Å². The molecule has 0 radical (unpaired) electrons. The monoisotopic (exact) mass is 240 g/mol. The molecule has 4 nitrogen and oxygen atoms in total. The van der Waals surface area contributed by atoms with Crippen molar-refractivity contribution in [2.75, 3.05) is 6.54 Å². The molecule has 1 aliphatic rings. The predicted molar refractivity (Wildman–Crippen MR) is 67.5 cm³/mol. The lowest BCUT2D eigenvalue weighted by molar-refractivity contribution is -0.150. The minimum absolute atomic E-state index is 0.0126. The van der Waals surface area contributed by atoms with Gasteiger partial charge in [-0.15, -0.1) is 0 Å². The van der Waals surface area contributed by atoms with E-state index in [2.05, 4.69) is 5.32 Å². The van der Waals surface area contributed by atoms with Crippen LogP contribution in [-0.4, -0.2) is 35.3 Å². The number of piperazine rings is 1. The largest absolute Gasteiger partial charge is 0.342 e. The first-order valence-corrected chi connectivity index (χ1v) is 6.67. The summed E-state index contributed by atoms with van der Waals surface area (Å²) in [5, 5.41) is 2.89. The van der Waals surface area contributed by atoms with Crippen LogP contribution in [0.2, 0.25) is 0 Å². The van der Waals surface area contributed by atoms with Gasteiger partial charge in [0.2, 0.25) is 11.8 Å². The number of likely N-dealkylation sites (N-methyl/N-ethyl adjacent to an activating group) is 1. The quantitative estimate of drug-likeness (QED) is 0.792. The van der Waals surface area contributed by atoms with Crippen molar-refractivity contribution in [3.63, 3.8) is 0 Å². The van der Waals surface area contributed by atoms with Crippen LogP contribution >= 0.6 is 0 Å². The van der Waals surface area contributed by atoms with E-state index in [9.17, 15) is 9.59 Å². The molecule has 0 bridgehead atoms. The van der Waals surface area contributed by atoms with Gasteiger partial charge in [0.05, 0.1) is 0 Å². The van der Waals surface area contributed by atoms with E-state index in [0.717, 1.165) is 19.3 Å². The zero-order valence-electron chi connectivity index (χ0n) is 11.3. The highest BCUT2D eigenvalue weighted by molar-refractivity contribution is 5.97. The third kappa shape index (κ3) is 2.79. The highest BCUT2D eigenvalue weighted by atomic mass is 16.2. The van der Waals surface area contributed by atoms with Gasteiger partial charge in [-0.25, -0.2) is 0 Å². The zero-order chi connectivity index (χ0) is 13.0. The van der Waals surface area contributed by atoms with Crippen molar-refractivity contribution in [3.05, 3.63) is 0 Å². The van der Waals surface area contributed by atoms with Crippen LogP contribution in [0.15, 0.2) is 0 Å². The summed E-state index contributed by atoms with van der Waals surface area (Å²) in [6.45, 7) is 8.64. The van der Waals surface area contributed by atoms with E-state index in [4.69, 9.17) is 0 Å². The van der Waals surface area contributed by atoms with Gasteiger partial charge in [-0.1, -0.05) is 33.6 Å². The standard InChI is InChI=1S/C13H24N2O2/c1-5-8-10-12(16)14-11(9(4)6-2)13(17)15(10)7-3/h9-11H,5-8H2,1-4H3,(H,14,16). The molecule has 2 amide bonds. The fourth-order valence-corrected chi connectivity index (χ4v) is 2.34. The summed E-state index contributed by atoms with van der Waals surface area (Å²) >= 11 is 0. The second kappa shape index (κ2) is 6.03. The molecule has 17 heavy (non-hydrogen) atoms. The van der Waals surface area contributed by atoms with Crippen molar-refractivity contribution >= 4 is 11.8 Å². The molecule has 1 heterocycles. The predicted octanol–water partition coefficient (Wildman–Crippen LogP) is 1.55. The first-order chi connectivity index (χ1) is 8.06. The highest BCUT2D eigenvalue weighted by Gasteiger charge is 2.40. The van der Waals surface area contributed by atoms with E-state index < -0.39 is 0 Å². The number of hydrogen-bond acceptors (Lipinski definition) is 2. The molecule has 0 aromatic heterocycles. The van der Waals surface area contributed by atoms with Crippen molar-refractivity contribution in [2.45, 2.75) is 59.0 Å². The zero-order valence-corrected chi connectivity index (χ0v) is 11.3. The molecule has 1 rings (SSSR count). The van der Waals surface area contributed by atoms with E-state index in [1.54, 1.807) is 4.90 Å². The maximum atomic E-state index is 12.3. The van der Waals surface area contributed by atoms with E-state index >= 15 is 0 Å². The van der Waals surface area contributed by atoms with Crippen LogP contribution in [0.1, 0.15) is 47.0 Å². The van der Waals surface area contributed by atoms with Gasteiger partial charge in [-0.05, 0) is 19.3 Å². The van der Waals surface area contributed by atoms with Crippen molar-refractivity contribution < 1.29 is 9.59 Å². The number of amides is 2. The fourth-order valence-electron chi connectivity index (χ4n) is 2.34. The molecule has 4 heteroatoms. The van der Waals surface area contributed by atoms with E-state index in [1.165, 1.54) is 0 Å². The minimum atomic E-state index is -0.333.